The van der Waals surface area contributed by atoms with Gasteiger partial charge in [-0.05, 0) is 38.2 Å². The van der Waals surface area contributed by atoms with Gasteiger partial charge in [0, 0.05) is 11.8 Å². The van der Waals surface area contributed by atoms with E-state index in [2.05, 4.69) is 14.7 Å². The summed E-state index contributed by atoms with van der Waals surface area (Å²) in [5, 5.41) is 3.38. The first-order valence-electron chi connectivity index (χ1n) is 5.98. The van der Waals surface area contributed by atoms with Crippen molar-refractivity contribution in [1.29, 1.82) is 0 Å². The molecule has 18 heavy (non-hydrogen) atoms. The van der Waals surface area contributed by atoms with Crippen LogP contribution in [-0.4, -0.2) is 39.3 Å². The molecule has 0 aliphatic heterocycles. The van der Waals surface area contributed by atoms with E-state index in [0.717, 1.165) is 17.2 Å². The van der Waals surface area contributed by atoms with Gasteiger partial charge in [0.25, 0.3) is 0 Å². The molecule has 1 atom stereocenters. The van der Waals surface area contributed by atoms with Crippen LogP contribution in [0.1, 0.15) is 26.7 Å². The van der Waals surface area contributed by atoms with Crippen LogP contribution in [0.15, 0.2) is 10.7 Å². The van der Waals surface area contributed by atoms with Crippen LogP contribution >= 0.6 is 23.3 Å². The lowest BCUT2D eigenvalue weighted by Gasteiger charge is -2.27. The lowest BCUT2D eigenvalue weighted by Crippen LogP contribution is -2.53. The summed E-state index contributed by atoms with van der Waals surface area (Å²) in [5.74, 6) is 0.422. The number of ether oxygens (including phenoxy) is 1. The lowest BCUT2D eigenvalue weighted by atomic mass is 10.1. The number of nitrogens with zero attached hydrogens (tertiary/aromatic N) is 2. The van der Waals surface area contributed by atoms with E-state index in [0.29, 0.717) is 18.4 Å². The molecule has 100 valence electrons. The molecule has 1 aromatic rings. The highest BCUT2D eigenvalue weighted by Crippen LogP contribution is 2.28. The van der Waals surface area contributed by atoms with E-state index in [-0.39, 0.29) is 5.97 Å². The molecule has 1 aromatic heterocycles. The van der Waals surface area contributed by atoms with Gasteiger partial charge in [0.1, 0.15) is 11.9 Å². The molecule has 5 nitrogen and oxygen atoms in total. The Kier molecular flexibility index (Phi) is 4.58. The maximum Gasteiger partial charge on any atom is 0.326 e. The first-order valence-corrected chi connectivity index (χ1v) is 7.74. The first-order chi connectivity index (χ1) is 8.64. The van der Waals surface area contributed by atoms with Crippen LogP contribution in [0, 0.1) is 0 Å². The molecule has 1 saturated carbocycles. The number of carbonyl (C=O) groups excluding carboxylic acids is 1. The van der Waals surface area contributed by atoms with Gasteiger partial charge in [0.15, 0.2) is 4.34 Å². The minimum Gasteiger partial charge on any atom is -0.465 e. The number of esters is 1. The average Bonchev–Trinajstić information content (AvgIpc) is 2.99. The summed E-state index contributed by atoms with van der Waals surface area (Å²) in [7, 11) is 0. The largest absolute Gasteiger partial charge is 0.465 e. The van der Waals surface area contributed by atoms with E-state index in [9.17, 15) is 4.79 Å². The van der Waals surface area contributed by atoms with Crippen LogP contribution in [0.3, 0.4) is 0 Å². The normalized spacial score (nSPS) is 18.3. The maximum absolute atomic E-state index is 12.1. The number of rotatable bonds is 7. The molecule has 1 unspecified atom stereocenters. The third kappa shape index (κ3) is 3.66. The number of hydrogen-bond donors (Lipinski definition) is 1. The van der Waals surface area contributed by atoms with Crippen LogP contribution in [0.5, 0.6) is 0 Å². The van der Waals surface area contributed by atoms with E-state index in [1.165, 1.54) is 29.6 Å². The highest BCUT2D eigenvalue weighted by atomic mass is 32.2. The van der Waals surface area contributed by atoms with Crippen molar-refractivity contribution in [2.24, 2.45) is 0 Å². The summed E-state index contributed by atoms with van der Waals surface area (Å²) in [6.07, 6.45) is 3.81. The summed E-state index contributed by atoms with van der Waals surface area (Å²) in [4.78, 5) is 16.2. The minimum atomic E-state index is -0.645. The zero-order chi connectivity index (χ0) is 13.0. The fourth-order valence-electron chi connectivity index (χ4n) is 1.56. The number of carbonyl (C=O) groups is 1. The molecule has 0 saturated heterocycles. The van der Waals surface area contributed by atoms with Gasteiger partial charge in [0.05, 0.1) is 6.61 Å². The van der Waals surface area contributed by atoms with Gasteiger partial charge in [-0.2, -0.15) is 4.37 Å². The Hall–Kier alpha value is -0.660. The van der Waals surface area contributed by atoms with E-state index in [4.69, 9.17) is 4.74 Å². The van der Waals surface area contributed by atoms with Crippen molar-refractivity contribution < 1.29 is 9.53 Å². The molecule has 1 heterocycles. The molecule has 0 radical (unpaired) electrons. The molecule has 1 aliphatic carbocycles. The number of aromatic nitrogens is 2. The van der Waals surface area contributed by atoms with Crippen LogP contribution in [0.4, 0.5) is 0 Å². The standard InChI is InChI=1S/C11H17N3O2S2/c1-3-16-9(15)11(2,14-8-4-5-8)6-17-10-12-7-13-18-10/h7-8,14H,3-6H2,1-2H3. The van der Waals surface area contributed by atoms with Crippen molar-refractivity contribution >= 4 is 29.3 Å². The Morgan fingerprint density at radius 3 is 3.06 bits per heavy atom. The van der Waals surface area contributed by atoms with E-state index in [1.54, 1.807) is 0 Å². The molecule has 0 spiro atoms. The van der Waals surface area contributed by atoms with Crippen molar-refractivity contribution in [1.82, 2.24) is 14.7 Å². The third-order valence-corrected chi connectivity index (χ3v) is 4.76. The molecule has 0 bridgehead atoms. The summed E-state index contributed by atoms with van der Waals surface area (Å²) in [5.41, 5.74) is -0.645. The highest BCUT2D eigenvalue weighted by molar-refractivity contribution is 8.01. The SMILES string of the molecule is CCOC(=O)C(C)(CSc1ncns1)NC1CC1. The summed E-state index contributed by atoms with van der Waals surface area (Å²) in [6, 6.07) is 0.453. The Bertz CT molecular complexity index is 395. The Balaban J connectivity index is 1.96. The predicted octanol–water partition coefficient (Wildman–Crippen LogP) is 1.70. The van der Waals surface area contributed by atoms with Crippen molar-refractivity contribution in [2.45, 2.75) is 42.6 Å². The summed E-state index contributed by atoms with van der Waals surface area (Å²) >= 11 is 2.88. The fourth-order valence-corrected chi connectivity index (χ4v) is 3.09. The van der Waals surface area contributed by atoms with Gasteiger partial charge in [-0.1, -0.05) is 11.8 Å². The smallest absolute Gasteiger partial charge is 0.326 e. The fraction of sp³-hybridized carbons (Fsp3) is 0.727. The first kappa shape index (κ1) is 13.8. The predicted molar refractivity (Wildman–Crippen MR) is 71.8 cm³/mol. The van der Waals surface area contributed by atoms with Crippen molar-refractivity contribution in [3.63, 3.8) is 0 Å². The topological polar surface area (TPSA) is 64.1 Å². The molecular formula is C11H17N3O2S2. The molecule has 1 fully saturated rings. The summed E-state index contributed by atoms with van der Waals surface area (Å²) < 4.78 is 9.99. The van der Waals surface area contributed by atoms with E-state index in [1.807, 2.05) is 13.8 Å². The number of nitrogens with one attached hydrogen (secondary N) is 1. The van der Waals surface area contributed by atoms with E-state index < -0.39 is 5.54 Å². The minimum absolute atomic E-state index is 0.186. The van der Waals surface area contributed by atoms with Gasteiger partial charge < -0.3 is 4.74 Å². The zero-order valence-electron chi connectivity index (χ0n) is 10.5. The van der Waals surface area contributed by atoms with Crippen LogP contribution < -0.4 is 5.32 Å². The maximum atomic E-state index is 12.1. The van der Waals surface area contributed by atoms with Crippen LogP contribution in [-0.2, 0) is 9.53 Å². The van der Waals surface area contributed by atoms with Gasteiger partial charge in [-0.15, -0.1) is 0 Å². The van der Waals surface area contributed by atoms with Crippen molar-refractivity contribution in [3.8, 4) is 0 Å². The second kappa shape index (κ2) is 5.99. The molecule has 1 N–H and O–H groups in total. The van der Waals surface area contributed by atoms with Gasteiger partial charge in [-0.3, -0.25) is 10.1 Å². The second-order valence-corrected chi connectivity index (χ2v) is 6.47. The van der Waals surface area contributed by atoms with Gasteiger partial charge in [0.2, 0.25) is 0 Å². The second-order valence-electron chi connectivity index (χ2n) is 4.47. The highest BCUT2D eigenvalue weighted by Gasteiger charge is 2.39. The molecule has 7 heteroatoms. The van der Waals surface area contributed by atoms with Gasteiger partial charge >= 0.3 is 5.97 Å². The Labute approximate surface area is 115 Å². The quantitative estimate of drug-likeness (QED) is 0.608. The van der Waals surface area contributed by atoms with E-state index >= 15 is 0 Å². The van der Waals surface area contributed by atoms with Crippen molar-refractivity contribution in [2.75, 3.05) is 12.4 Å². The monoisotopic (exact) mass is 287 g/mol. The number of thioether (sulfide) groups is 1. The molecular weight excluding hydrogens is 270 g/mol. The van der Waals surface area contributed by atoms with Crippen LogP contribution in [0.25, 0.3) is 0 Å². The Morgan fingerprint density at radius 2 is 2.50 bits per heavy atom. The molecule has 2 rings (SSSR count). The van der Waals surface area contributed by atoms with Crippen LogP contribution in [0.2, 0.25) is 0 Å². The average molecular weight is 287 g/mol. The third-order valence-electron chi connectivity index (χ3n) is 2.65. The lowest BCUT2D eigenvalue weighted by molar-refractivity contribution is -0.149. The zero-order valence-corrected chi connectivity index (χ0v) is 12.1. The molecule has 0 amide bonds. The van der Waals surface area contributed by atoms with Gasteiger partial charge in [-0.25, -0.2) is 4.98 Å². The molecule has 1 aliphatic rings. The molecule has 0 aromatic carbocycles. The van der Waals surface area contributed by atoms with Crippen molar-refractivity contribution in [3.05, 3.63) is 6.33 Å². The number of hydrogen-bond acceptors (Lipinski definition) is 7. The Morgan fingerprint density at radius 1 is 1.72 bits per heavy atom. The summed E-state index contributed by atoms with van der Waals surface area (Å²) in [6.45, 7) is 4.13.